The standard InChI is InChI=1S/C23H25FN4O2/c1-25-16-5-4-6-18(24)22(14-16)30-23-11-10-20(27-28-23)17-9-8-15(13-21(17)29)19-7-2-3-12-26-19/h2-3,7-13,16,18,22,25,29H,4-6,14H2,1H3/t16?,18?,22-/m0/s1. The molecule has 2 N–H and O–H groups in total. The van der Waals surface area contributed by atoms with Gasteiger partial charge in [-0.05, 0) is 56.6 Å². The van der Waals surface area contributed by atoms with Gasteiger partial charge in [0.15, 0.2) is 0 Å². The number of hydrogen-bond donors (Lipinski definition) is 2. The first kappa shape index (κ1) is 20.2. The minimum atomic E-state index is -1.02. The van der Waals surface area contributed by atoms with E-state index in [0.29, 0.717) is 24.1 Å². The number of alkyl halides is 1. The number of nitrogens with zero attached hydrogens (tertiary/aromatic N) is 3. The number of aromatic nitrogens is 3. The van der Waals surface area contributed by atoms with Gasteiger partial charge in [-0.2, -0.15) is 0 Å². The third kappa shape index (κ3) is 4.57. The Morgan fingerprint density at radius 1 is 1.07 bits per heavy atom. The molecule has 1 saturated carbocycles. The van der Waals surface area contributed by atoms with E-state index in [-0.39, 0.29) is 17.7 Å². The van der Waals surface area contributed by atoms with Gasteiger partial charge in [-0.1, -0.05) is 12.1 Å². The van der Waals surface area contributed by atoms with Crippen LogP contribution in [0.2, 0.25) is 0 Å². The normalized spacial score (nSPS) is 21.7. The predicted octanol–water partition coefficient (Wildman–Crippen LogP) is 4.16. The Morgan fingerprint density at radius 3 is 2.67 bits per heavy atom. The lowest BCUT2D eigenvalue weighted by Crippen LogP contribution is -2.35. The maximum absolute atomic E-state index is 14.4. The maximum atomic E-state index is 14.4. The fourth-order valence-electron chi connectivity index (χ4n) is 3.80. The van der Waals surface area contributed by atoms with Gasteiger partial charge in [-0.3, -0.25) is 4.98 Å². The molecule has 2 unspecified atom stereocenters. The van der Waals surface area contributed by atoms with E-state index < -0.39 is 12.3 Å². The first-order valence-corrected chi connectivity index (χ1v) is 10.2. The van der Waals surface area contributed by atoms with E-state index in [9.17, 15) is 9.50 Å². The summed E-state index contributed by atoms with van der Waals surface area (Å²) in [4.78, 5) is 4.29. The van der Waals surface area contributed by atoms with Gasteiger partial charge < -0.3 is 15.2 Å². The molecule has 6 nitrogen and oxygen atoms in total. The van der Waals surface area contributed by atoms with Crippen molar-refractivity contribution in [2.24, 2.45) is 0 Å². The number of benzene rings is 1. The highest BCUT2D eigenvalue weighted by atomic mass is 19.1. The predicted molar refractivity (Wildman–Crippen MR) is 113 cm³/mol. The number of pyridine rings is 1. The van der Waals surface area contributed by atoms with Crippen molar-refractivity contribution >= 4 is 0 Å². The molecule has 0 saturated heterocycles. The van der Waals surface area contributed by atoms with Crippen LogP contribution in [0.5, 0.6) is 11.6 Å². The molecule has 0 spiro atoms. The number of phenolic OH excluding ortho intramolecular Hbond substituents is 1. The van der Waals surface area contributed by atoms with E-state index in [1.165, 1.54) is 0 Å². The van der Waals surface area contributed by atoms with Crippen LogP contribution in [0.1, 0.15) is 25.7 Å². The van der Waals surface area contributed by atoms with Crippen LogP contribution in [0.15, 0.2) is 54.7 Å². The van der Waals surface area contributed by atoms with E-state index in [2.05, 4.69) is 20.5 Å². The van der Waals surface area contributed by atoms with Crippen molar-refractivity contribution in [2.75, 3.05) is 7.05 Å². The van der Waals surface area contributed by atoms with Crippen molar-refractivity contribution in [3.63, 3.8) is 0 Å². The summed E-state index contributed by atoms with van der Waals surface area (Å²) in [5.74, 6) is 0.373. The van der Waals surface area contributed by atoms with Crippen molar-refractivity contribution in [3.8, 4) is 34.1 Å². The van der Waals surface area contributed by atoms with Crippen LogP contribution in [0, 0.1) is 0 Å². The summed E-state index contributed by atoms with van der Waals surface area (Å²) in [7, 11) is 1.89. The second kappa shape index (κ2) is 9.17. The second-order valence-corrected chi connectivity index (χ2v) is 7.53. The third-order valence-electron chi connectivity index (χ3n) is 5.51. The molecular weight excluding hydrogens is 383 g/mol. The zero-order valence-corrected chi connectivity index (χ0v) is 16.8. The molecule has 2 aromatic heterocycles. The molecule has 7 heteroatoms. The molecule has 1 aliphatic carbocycles. The summed E-state index contributed by atoms with van der Waals surface area (Å²) in [6.45, 7) is 0. The average Bonchev–Trinajstić information content (AvgIpc) is 2.96. The molecule has 3 aromatic rings. The number of ether oxygens (including phenoxy) is 1. The van der Waals surface area contributed by atoms with Crippen molar-refractivity contribution < 1.29 is 14.2 Å². The number of nitrogens with one attached hydrogen (secondary N) is 1. The Kier molecular flexibility index (Phi) is 6.18. The molecule has 1 aliphatic rings. The molecule has 1 fully saturated rings. The van der Waals surface area contributed by atoms with Crippen LogP contribution in [0.3, 0.4) is 0 Å². The Morgan fingerprint density at radius 2 is 1.97 bits per heavy atom. The molecular formula is C23H25FN4O2. The number of rotatable bonds is 5. The van der Waals surface area contributed by atoms with E-state index in [0.717, 1.165) is 24.1 Å². The Hall–Kier alpha value is -3.06. The molecule has 0 aliphatic heterocycles. The topological polar surface area (TPSA) is 80.2 Å². The molecule has 4 rings (SSSR count). The highest BCUT2D eigenvalue weighted by molar-refractivity contribution is 5.72. The van der Waals surface area contributed by atoms with Crippen LogP contribution in [-0.4, -0.2) is 45.7 Å². The highest BCUT2D eigenvalue weighted by Crippen LogP contribution is 2.32. The largest absolute Gasteiger partial charge is 0.507 e. The number of aromatic hydroxyl groups is 1. The van der Waals surface area contributed by atoms with Crippen molar-refractivity contribution in [3.05, 3.63) is 54.7 Å². The molecule has 2 heterocycles. The van der Waals surface area contributed by atoms with Gasteiger partial charge >= 0.3 is 0 Å². The molecule has 30 heavy (non-hydrogen) atoms. The molecule has 0 radical (unpaired) electrons. The number of halogens is 1. The lowest BCUT2D eigenvalue weighted by molar-refractivity contribution is 0.0837. The van der Waals surface area contributed by atoms with Gasteiger partial charge in [0.1, 0.15) is 18.0 Å². The van der Waals surface area contributed by atoms with Gasteiger partial charge in [0.05, 0.1) is 11.4 Å². The first-order chi connectivity index (χ1) is 14.6. The quantitative estimate of drug-likeness (QED) is 0.617. The molecule has 0 bridgehead atoms. The second-order valence-electron chi connectivity index (χ2n) is 7.53. The summed E-state index contributed by atoms with van der Waals surface area (Å²) in [5.41, 5.74) is 2.66. The smallest absolute Gasteiger partial charge is 0.233 e. The fraction of sp³-hybridized carbons (Fsp3) is 0.348. The monoisotopic (exact) mass is 408 g/mol. The van der Waals surface area contributed by atoms with E-state index in [1.54, 1.807) is 30.5 Å². The molecule has 3 atom stereocenters. The fourth-order valence-corrected chi connectivity index (χ4v) is 3.80. The Bertz CT molecular complexity index is 969. The van der Waals surface area contributed by atoms with Gasteiger partial charge in [-0.25, -0.2) is 4.39 Å². The van der Waals surface area contributed by atoms with E-state index >= 15 is 0 Å². The summed E-state index contributed by atoms with van der Waals surface area (Å²) in [5, 5.41) is 22.0. The van der Waals surface area contributed by atoms with Gasteiger partial charge in [0.25, 0.3) is 0 Å². The number of hydrogen-bond acceptors (Lipinski definition) is 6. The molecule has 0 amide bonds. The van der Waals surface area contributed by atoms with Crippen LogP contribution in [0.4, 0.5) is 4.39 Å². The lowest BCUT2D eigenvalue weighted by Gasteiger charge is -2.22. The van der Waals surface area contributed by atoms with Gasteiger partial charge in [0, 0.05) is 35.9 Å². The lowest BCUT2D eigenvalue weighted by atomic mass is 10.0. The van der Waals surface area contributed by atoms with Gasteiger partial charge in [-0.15, -0.1) is 10.2 Å². The van der Waals surface area contributed by atoms with Crippen molar-refractivity contribution in [1.29, 1.82) is 0 Å². The van der Waals surface area contributed by atoms with E-state index in [4.69, 9.17) is 4.74 Å². The maximum Gasteiger partial charge on any atom is 0.233 e. The minimum absolute atomic E-state index is 0.0885. The summed E-state index contributed by atoms with van der Waals surface area (Å²) in [6, 6.07) is 14.6. The zero-order chi connectivity index (χ0) is 20.9. The van der Waals surface area contributed by atoms with Gasteiger partial charge in [0.2, 0.25) is 5.88 Å². The number of phenols is 1. The first-order valence-electron chi connectivity index (χ1n) is 10.2. The zero-order valence-electron chi connectivity index (χ0n) is 16.8. The minimum Gasteiger partial charge on any atom is -0.507 e. The van der Waals surface area contributed by atoms with Crippen molar-refractivity contribution in [1.82, 2.24) is 20.5 Å². The average molecular weight is 408 g/mol. The Balaban J connectivity index is 1.49. The van der Waals surface area contributed by atoms with Crippen LogP contribution in [0.25, 0.3) is 22.5 Å². The van der Waals surface area contributed by atoms with E-state index in [1.807, 2.05) is 31.3 Å². The summed E-state index contributed by atoms with van der Waals surface area (Å²) < 4.78 is 20.3. The highest BCUT2D eigenvalue weighted by Gasteiger charge is 2.29. The molecule has 1 aromatic carbocycles. The van der Waals surface area contributed by atoms with Crippen LogP contribution < -0.4 is 10.1 Å². The third-order valence-corrected chi connectivity index (χ3v) is 5.51. The summed E-state index contributed by atoms with van der Waals surface area (Å²) >= 11 is 0. The van der Waals surface area contributed by atoms with Crippen LogP contribution in [-0.2, 0) is 0 Å². The molecule has 156 valence electrons. The Labute approximate surface area is 175 Å². The summed E-state index contributed by atoms with van der Waals surface area (Å²) in [6.07, 6.45) is 3.01. The van der Waals surface area contributed by atoms with Crippen LogP contribution >= 0.6 is 0 Å². The SMILES string of the molecule is CNC1CCCC(F)[C@@H](Oc2ccc(-c3ccc(-c4ccccn4)cc3O)nn2)C1. The van der Waals surface area contributed by atoms with Crippen molar-refractivity contribution in [2.45, 2.75) is 44.0 Å².